The van der Waals surface area contributed by atoms with Gasteiger partial charge < -0.3 is 9.84 Å². The van der Waals surface area contributed by atoms with Crippen molar-refractivity contribution in [3.63, 3.8) is 0 Å². The molecule has 2 atom stereocenters. The summed E-state index contributed by atoms with van der Waals surface area (Å²) in [5.74, 6) is 2.13. The van der Waals surface area contributed by atoms with Crippen LogP contribution in [0.4, 0.5) is 0 Å². The van der Waals surface area contributed by atoms with Crippen molar-refractivity contribution in [3.05, 3.63) is 29.3 Å². The molecule has 0 bridgehead atoms. The predicted octanol–water partition coefficient (Wildman–Crippen LogP) is 1.72. The van der Waals surface area contributed by atoms with Gasteiger partial charge in [-0.3, -0.25) is 0 Å². The Morgan fingerprint density at radius 2 is 2.36 bits per heavy atom. The van der Waals surface area contributed by atoms with Crippen LogP contribution < -0.4 is 4.74 Å². The largest absolute Gasteiger partial charge is 0.493 e. The third-order valence-electron chi connectivity index (χ3n) is 3.30. The molecule has 0 saturated heterocycles. The van der Waals surface area contributed by atoms with Crippen LogP contribution in [0.15, 0.2) is 18.2 Å². The fourth-order valence-corrected chi connectivity index (χ4v) is 2.36. The topological polar surface area (TPSA) is 29.5 Å². The molecular formula is C12H14O2. The highest BCUT2D eigenvalue weighted by Gasteiger charge is 2.40. The van der Waals surface area contributed by atoms with Gasteiger partial charge in [-0.15, -0.1) is 0 Å². The number of benzene rings is 1. The van der Waals surface area contributed by atoms with Gasteiger partial charge in [0.25, 0.3) is 0 Å². The zero-order valence-electron chi connectivity index (χ0n) is 8.07. The van der Waals surface area contributed by atoms with E-state index in [-0.39, 0.29) is 0 Å². The van der Waals surface area contributed by atoms with Crippen LogP contribution in [0.25, 0.3) is 0 Å². The lowest BCUT2D eigenvalue weighted by atomic mass is 10.0. The minimum Gasteiger partial charge on any atom is -0.493 e. The third-order valence-corrected chi connectivity index (χ3v) is 3.30. The van der Waals surface area contributed by atoms with Crippen molar-refractivity contribution in [3.8, 4) is 5.75 Å². The normalized spacial score (nSPS) is 28.4. The highest BCUT2D eigenvalue weighted by molar-refractivity contribution is 5.47. The summed E-state index contributed by atoms with van der Waals surface area (Å²) in [5, 5.41) is 9.05. The fraction of sp³-hybridized carbons (Fsp3) is 0.500. The smallest absolute Gasteiger partial charge is 0.126 e. The minimum atomic E-state index is 0.314. The Labute approximate surface area is 83.5 Å². The molecule has 0 amide bonds. The van der Waals surface area contributed by atoms with Crippen molar-refractivity contribution in [1.29, 1.82) is 0 Å². The molecule has 1 aromatic carbocycles. The molecule has 0 spiro atoms. The molecule has 1 aromatic rings. The molecule has 2 unspecified atom stereocenters. The fourth-order valence-electron chi connectivity index (χ4n) is 2.36. The van der Waals surface area contributed by atoms with Gasteiger partial charge in [0.15, 0.2) is 0 Å². The van der Waals surface area contributed by atoms with E-state index in [0.717, 1.165) is 25.2 Å². The van der Waals surface area contributed by atoms with Gasteiger partial charge >= 0.3 is 0 Å². The Bertz CT molecular complexity index is 359. The maximum Gasteiger partial charge on any atom is 0.126 e. The summed E-state index contributed by atoms with van der Waals surface area (Å²) in [6.45, 7) is 1.14. The maximum atomic E-state index is 9.05. The van der Waals surface area contributed by atoms with E-state index >= 15 is 0 Å². The molecule has 2 nitrogen and oxygen atoms in total. The third kappa shape index (κ3) is 1.14. The van der Waals surface area contributed by atoms with Gasteiger partial charge in [-0.05, 0) is 29.4 Å². The summed E-state index contributed by atoms with van der Waals surface area (Å²) in [4.78, 5) is 0. The number of aliphatic hydroxyl groups is 1. The molecule has 0 radical (unpaired) electrons. The molecule has 2 heteroatoms. The molecule has 74 valence electrons. The van der Waals surface area contributed by atoms with Gasteiger partial charge in [0.2, 0.25) is 0 Å². The highest BCUT2D eigenvalue weighted by atomic mass is 16.5. The van der Waals surface area contributed by atoms with Crippen LogP contribution in [-0.2, 0) is 6.42 Å². The van der Waals surface area contributed by atoms with Crippen molar-refractivity contribution in [1.82, 2.24) is 0 Å². The quantitative estimate of drug-likeness (QED) is 0.769. The summed E-state index contributed by atoms with van der Waals surface area (Å²) in [5.41, 5.74) is 2.66. The summed E-state index contributed by atoms with van der Waals surface area (Å²) >= 11 is 0. The minimum absolute atomic E-state index is 0.314. The molecular weight excluding hydrogens is 176 g/mol. The van der Waals surface area contributed by atoms with E-state index in [1.54, 1.807) is 0 Å². The predicted molar refractivity (Wildman–Crippen MR) is 53.6 cm³/mol. The molecule has 1 heterocycles. The van der Waals surface area contributed by atoms with E-state index < -0.39 is 0 Å². The van der Waals surface area contributed by atoms with Crippen molar-refractivity contribution in [2.24, 2.45) is 5.92 Å². The Morgan fingerprint density at radius 3 is 3.14 bits per heavy atom. The van der Waals surface area contributed by atoms with Crippen molar-refractivity contribution in [2.75, 3.05) is 13.2 Å². The van der Waals surface area contributed by atoms with Crippen LogP contribution in [0.5, 0.6) is 5.75 Å². The maximum absolute atomic E-state index is 9.05. The first-order valence-corrected chi connectivity index (χ1v) is 5.25. The van der Waals surface area contributed by atoms with E-state index in [0.29, 0.717) is 18.4 Å². The molecule has 1 aliphatic heterocycles. The average molecular weight is 190 g/mol. The van der Waals surface area contributed by atoms with Gasteiger partial charge in [-0.25, -0.2) is 0 Å². The first kappa shape index (κ1) is 8.30. The van der Waals surface area contributed by atoms with Gasteiger partial charge in [0, 0.05) is 13.0 Å². The van der Waals surface area contributed by atoms with Crippen LogP contribution >= 0.6 is 0 Å². The van der Waals surface area contributed by atoms with E-state index in [4.69, 9.17) is 9.84 Å². The van der Waals surface area contributed by atoms with E-state index in [9.17, 15) is 0 Å². The van der Waals surface area contributed by atoms with Crippen LogP contribution in [0.1, 0.15) is 23.5 Å². The van der Waals surface area contributed by atoms with Crippen LogP contribution in [0, 0.1) is 5.92 Å². The molecule has 1 saturated carbocycles. The SMILES string of the molecule is OCC1CC1c1cccc2c1OCC2. The van der Waals surface area contributed by atoms with Gasteiger partial charge in [0.1, 0.15) is 5.75 Å². The van der Waals surface area contributed by atoms with Crippen molar-refractivity contribution >= 4 is 0 Å². The van der Waals surface area contributed by atoms with E-state index in [2.05, 4.69) is 18.2 Å². The Kier molecular flexibility index (Phi) is 1.77. The second kappa shape index (κ2) is 2.99. The Morgan fingerprint density at radius 1 is 1.43 bits per heavy atom. The number of ether oxygens (including phenoxy) is 1. The molecule has 3 rings (SSSR count). The Balaban J connectivity index is 1.95. The second-order valence-electron chi connectivity index (χ2n) is 4.22. The summed E-state index contributed by atoms with van der Waals surface area (Å²) in [6.07, 6.45) is 2.16. The van der Waals surface area contributed by atoms with E-state index in [1.165, 1.54) is 11.1 Å². The summed E-state index contributed by atoms with van der Waals surface area (Å²) in [6, 6.07) is 6.39. The lowest BCUT2D eigenvalue weighted by Gasteiger charge is -2.06. The van der Waals surface area contributed by atoms with Crippen LogP contribution in [0.3, 0.4) is 0 Å². The summed E-state index contributed by atoms with van der Waals surface area (Å²) in [7, 11) is 0. The van der Waals surface area contributed by atoms with Crippen LogP contribution in [0.2, 0.25) is 0 Å². The molecule has 2 aliphatic rings. The molecule has 1 fully saturated rings. The molecule has 1 aliphatic carbocycles. The van der Waals surface area contributed by atoms with Gasteiger partial charge in [-0.1, -0.05) is 18.2 Å². The number of hydrogen-bond donors (Lipinski definition) is 1. The van der Waals surface area contributed by atoms with E-state index in [1.807, 2.05) is 0 Å². The number of rotatable bonds is 2. The average Bonchev–Trinajstić information content (AvgIpc) is 2.85. The number of fused-ring (bicyclic) bond motifs is 1. The van der Waals surface area contributed by atoms with Gasteiger partial charge in [0.05, 0.1) is 6.61 Å². The zero-order valence-corrected chi connectivity index (χ0v) is 8.07. The Hall–Kier alpha value is -1.02. The second-order valence-corrected chi connectivity index (χ2v) is 4.22. The lowest BCUT2D eigenvalue weighted by Crippen LogP contribution is -1.93. The first-order valence-electron chi connectivity index (χ1n) is 5.25. The highest BCUT2D eigenvalue weighted by Crippen LogP contribution is 2.51. The lowest BCUT2D eigenvalue weighted by molar-refractivity contribution is 0.273. The first-order chi connectivity index (χ1) is 6.90. The van der Waals surface area contributed by atoms with Crippen molar-refractivity contribution in [2.45, 2.75) is 18.8 Å². The van der Waals surface area contributed by atoms with Crippen molar-refractivity contribution < 1.29 is 9.84 Å². The standard InChI is InChI=1S/C12H14O2/c13-7-9-6-11(9)10-3-1-2-8-4-5-14-12(8)10/h1-3,9,11,13H,4-7H2. The molecule has 0 aromatic heterocycles. The summed E-state index contributed by atoms with van der Waals surface area (Å²) < 4.78 is 5.64. The monoisotopic (exact) mass is 190 g/mol. The van der Waals surface area contributed by atoms with Crippen LogP contribution in [-0.4, -0.2) is 18.3 Å². The number of aliphatic hydroxyl groups excluding tert-OH is 1. The molecule has 14 heavy (non-hydrogen) atoms. The number of hydrogen-bond acceptors (Lipinski definition) is 2. The number of para-hydroxylation sites is 1. The molecule has 1 N–H and O–H groups in total. The van der Waals surface area contributed by atoms with Gasteiger partial charge in [-0.2, -0.15) is 0 Å². The zero-order chi connectivity index (χ0) is 9.54.